The number of nitrogens with zero attached hydrogens (tertiary/aromatic N) is 1. The van der Waals surface area contributed by atoms with Crippen molar-refractivity contribution in [2.45, 2.75) is 20.3 Å². The Morgan fingerprint density at radius 2 is 2.24 bits per heavy atom. The molecule has 0 spiro atoms. The van der Waals surface area contributed by atoms with E-state index in [-0.39, 0.29) is 24.5 Å². The molecular weight excluding hydrogens is 218 g/mol. The van der Waals surface area contributed by atoms with E-state index in [1.165, 1.54) is 0 Å². The van der Waals surface area contributed by atoms with Crippen molar-refractivity contribution in [3.05, 3.63) is 29.3 Å². The van der Waals surface area contributed by atoms with Crippen molar-refractivity contribution in [3.8, 4) is 0 Å². The summed E-state index contributed by atoms with van der Waals surface area (Å²) in [6.45, 7) is 3.92. The van der Waals surface area contributed by atoms with E-state index in [0.29, 0.717) is 11.3 Å². The number of aryl methyl sites for hydroxylation is 1. The molecule has 1 heterocycles. The van der Waals surface area contributed by atoms with Crippen LogP contribution in [0.25, 0.3) is 0 Å². The standard InChI is InChI=1S/C13H13NO3/c1-3-17-13(16)11-7-12(15)9-6-8(2)4-5-10(9)14-11/h4-6H,3,7H2,1-2H3. The average Bonchev–Trinajstić information content (AvgIpc) is 2.30. The zero-order valence-corrected chi connectivity index (χ0v) is 9.82. The molecule has 0 saturated heterocycles. The van der Waals surface area contributed by atoms with Crippen molar-refractivity contribution in [2.24, 2.45) is 4.99 Å². The van der Waals surface area contributed by atoms with Crippen LogP contribution in [0.4, 0.5) is 5.69 Å². The van der Waals surface area contributed by atoms with E-state index in [0.717, 1.165) is 5.56 Å². The quantitative estimate of drug-likeness (QED) is 0.733. The van der Waals surface area contributed by atoms with Crippen LogP contribution in [0, 0.1) is 6.92 Å². The summed E-state index contributed by atoms with van der Waals surface area (Å²) in [5.41, 5.74) is 2.33. The highest BCUT2D eigenvalue weighted by Gasteiger charge is 2.24. The van der Waals surface area contributed by atoms with Gasteiger partial charge in [-0.2, -0.15) is 0 Å². The summed E-state index contributed by atoms with van der Waals surface area (Å²) in [6, 6.07) is 5.41. The number of aliphatic imine (C=N–C) groups is 1. The fraction of sp³-hybridized carbons (Fsp3) is 0.308. The first-order chi connectivity index (χ1) is 8.11. The topological polar surface area (TPSA) is 55.7 Å². The number of ether oxygens (including phenoxy) is 1. The number of esters is 1. The molecule has 88 valence electrons. The van der Waals surface area contributed by atoms with Crippen LogP contribution < -0.4 is 0 Å². The first kappa shape index (κ1) is 11.5. The maximum absolute atomic E-state index is 11.9. The Balaban J connectivity index is 2.40. The van der Waals surface area contributed by atoms with Gasteiger partial charge in [-0.25, -0.2) is 9.79 Å². The van der Waals surface area contributed by atoms with E-state index in [9.17, 15) is 9.59 Å². The third-order valence-corrected chi connectivity index (χ3v) is 2.55. The van der Waals surface area contributed by atoms with Crippen molar-refractivity contribution < 1.29 is 14.3 Å². The second-order valence-electron chi connectivity index (χ2n) is 3.90. The molecule has 4 nitrogen and oxygen atoms in total. The van der Waals surface area contributed by atoms with Crippen LogP contribution in [0.1, 0.15) is 29.3 Å². The SMILES string of the molecule is CCOC(=O)C1=Nc2ccc(C)cc2C(=O)C1. The summed E-state index contributed by atoms with van der Waals surface area (Å²) in [7, 11) is 0. The Bertz CT molecular complexity index is 517. The lowest BCUT2D eigenvalue weighted by Gasteiger charge is -2.13. The molecule has 17 heavy (non-hydrogen) atoms. The third-order valence-electron chi connectivity index (χ3n) is 2.55. The zero-order valence-electron chi connectivity index (χ0n) is 9.82. The summed E-state index contributed by atoms with van der Waals surface area (Å²) in [5, 5.41) is 0. The Morgan fingerprint density at radius 3 is 2.94 bits per heavy atom. The highest BCUT2D eigenvalue weighted by Crippen LogP contribution is 2.26. The predicted octanol–water partition coefficient (Wildman–Crippen LogP) is 2.22. The molecule has 0 amide bonds. The van der Waals surface area contributed by atoms with Gasteiger partial charge in [0.1, 0.15) is 5.71 Å². The molecule has 0 bridgehead atoms. The maximum Gasteiger partial charge on any atom is 0.353 e. The average molecular weight is 231 g/mol. The van der Waals surface area contributed by atoms with Gasteiger partial charge in [-0.3, -0.25) is 4.79 Å². The summed E-state index contributed by atoms with van der Waals surface area (Å²) in [4.78, 5) is 27.6. The first-order valence-electron chi connectivity index (χ1n) is 5.50. The van der Waals surface area contributed by atoms with Crippen LogP contribution in [0.2, 0.25) is 0 Å². The molecule has 1 aromatic rings. The molecule has 0 radical (unpaired) electrons. The number of Topliss-reactive ketones (excluding diaryl/α,β-unsaturated/α-hetero) is 1. The van der Waals surface area contributed by atoms with Crippen LogP contribution in [-0.4, -0.2) is 24.1 Å². The fourth-order valence-corrected chi connectivity index (χ4v) is 1.74. The first-order valence-corrected chi connectivity index (χ1v) is 5.50. The van der Waals surface area contributed by atoms with Crippen molar-refractivity contribution in [3.63, 3.8) is 0 Å². The van der Waals surface area contributed by atoms with E-state index in [1.54, 1.807) is 19.1 Å². The van der Waals surface area contributed by atoms with Crippen LogP contribution >= 0.6 is 0 Å². The highest BCUT2D eigenvalue weighted by molar-refractivity contribution is 6.42. The van der Waals surface area contributed by atoms with E-state index >= 15 is 0 Å². The smallest absolute Gasteiger partial charge is 0.353 e. The van der Waals surface area contributed by atoms with Crippen LogP contribution in [-0.2, 0) is 9.53 Å². The molecule has 0 saturated carbocycles. The van der Waals surface area contributed by atoms with Crippen molar-refractivity contribution in [2.75, 3.05) is 6.61 Å². The number of hydrogen-bond acceptors (Lipinski definition) is 4. The lowest BCUT2D eigenvalue weighted by Crippen LogP contribution is -2.23. The minimum absolute atomic E-state index is 0.0231. The molecule has 4 heteroatoms. The number of fused-ring (bicyclic) bond motifs is 1. The lowest BCUT2D eigenvalue weighted by molar-refractivity contribution is -0.135. The minimum Gasteiger partial charge on any atom is -0.461 e. The summed E-state index contributed by atoms with van der Waals surface area (Å²) in [5.74, 6) is -0.589. The second kappa shape index (κ2) is 4.49. The summed E-state index contributed by atoms with van der Waals surface area (Å²) in [6.07, 6.45) is 0.0231. The van der Waals surface area contributed by atoms with Gasteiger partial charge in [-0.15, -0.1) is 0 Å². The Kier molecular flexibility index (Phi) is 3.04. The molecule has 0 atom stereocenters. The third kappa shape index (κ3) is 2.25. The minimum atomic E-state index is -0.507. The molecule has 1 aliphatic heterocycles. The number of rotatable bonds is 2. The van der Waals surface area contributed by atoms with Gasteiger partial charge < -0.3 is 4.74 Å². The largest absolute Gasteiger partial charge is 0.461 e. The van der Waals surface area contributed by atoms with Crippen LogP contribution in [0.15, 0.2) is 23.2 Å². The second-order valence-corrected chi connectivity index (χ2v) is 3.90. The van der Waals surface area contributed by atoms with Crippen LogP contribution in [0.5, 0.6) is 0 Å². The van der Waals surface area contributed by atoms with E-state index in [2.05, 4.69) is 4.99 Å². The molecular formula is C13H13NO3. The van der Waals surface area contributed by atoms with Gasteiger partial charge in [0.25, 0.3) is 0 Å². The van der Waals surface area contributed by atoms with Crippen molar-refractivity contribution in [1.29, 1.82) is 0 Å². The van der Waals surface area contributed by atoms with Gasteiger partial charge in [-0.1, -0.05) is 11.6 Å². The molecule has 1 aliphatic rings. The van der Waals surface area contributed by atoms with E-state index in [4.69, 9.17) is 4.74 Å². The molecule has 0 aliphatic carbocycles. The number of carbonyl (C=O) groups is 2. The molecule has 1 aromatic carbocycles. The van der Waals surface area contributed by atoms with Crippen molar-refractivity contribution >= 4 is 23.2 Å². The van der Waals surface area contributed by atoms with Gasteiger partial charge in [0, 0.05) is 5.56 Å². The number of benzene rings is 1. The van der Waals surface area contributed by atoms with Crippen LogP contribution in [0.3, 0.4) is 0 Å². The molecule has 0 N–H and O–H groups in total. The molecule has 0 fully saturated rings. The van der Waals surface area contributed by atoms with Gasteiger partial charge in [0.2, 0.25) is 0 Å². The van der Waals surface area contributed by atoms with Crippen molar-refractivity contribution in [1.82, 2.24) is 0 Å². The fourth-order valence-electron chi connectivity index (χ4n) is 1.74. The molecule has 0 aromatic heterocycles. The Morgan fingerprint density at radius 1 is 1.47 bits per heavy atom. The predicted molar refractivity (Wildman–Crippen MR) is 63.9 cm³/mol. The lowest BCUT2D eigenvalue weighted by atomic mass is 9.98. The van der Waals surface area contributed by atoms with E-state index in [1.807, 2.05) is 13.0 Å². The highest BCUT2D eigenvalue weighted by atomic mass is 16.5. The Labute approximate surface area is 99.3 Å². The monoisotopic (exact) mass is 231 g/mol. The summed E-state index contributed by atoms with van der Waals surface area (Å²) >= 11 is 0. The summed E-state index contributed by atoms with van der Waals surface area (Å²) < 4.78 is 4.85. The van der Waals surface area contributed by atoms with Gasteiger partial charge in [-0.05, 0) is 26.0 Å². The van der Waals surface area contributed by atoms with Gasteiger partial charge in [0.15, 0.2) is 5.78 Å². The number of hydrogen-bond donors (Lipinski definition) is 0. The molecule has 0 unspecified atom stereocenters. The van der Waals surface area contributed by atoms with Gasteiger partial charge in [0.05, 0.1) is 18.7 Å². The molecule has 2 rings (SSSR count). The number of carbonyl (C=O) groups excluding carboxylic acids is 2. The Hall–Kier alpha value is -1.97. The number of ketones is 1. The normalized spacial score (nSPS) is 14.0. The van der Waals surface area contributed by atoms with Gasteiger partial charge >= 0.3 is 5.97 Å². The van der Waals surface area contributed by atoms with E-state index < -0.39 is 5.97 Å². The maximum atomic E-state index is 11.9. The zero-order chi connectivity index (χ0) is 12.4.